The smallest absolute Gasteiger partial charge is 0.290 e. The number of ketones is 1. The fourth-order valence-corrected chi connectivity index (χ4v) is 4.40. The maximum absolute atomic E-state index is 11.9. The molecule has 4 heterocycles. The summed E-state index contributed by atoms with van der Waals surface area (Å²) in [5, 5.41) is 21.7. The van der Waals surface area contributed by atoms with E-state index in [2.05, 4.69) is 69.9 Å². The fourth-order valence-electron chi connectivity index (χ4n) is 4.19. The van der Waals surface area contributed by atoms with Crippen LogP contribution in [-0.2, 0) is 16.0 Å². The summed E-state index contributed by atoms with van der Waals surface area (Å²) >= 11 is 3.37. The van der Waals surface area contributed by atoms with Crippen LogP contribution in [0.15, 0.2) is 47.7 Å². The Morgan fingerprint density at radius 2 is 1.83 bits per heavy atom. The lowest BCUT2D eigenvalue weighted by Crippen LogP contribution is -2.38. The van der Waals surface area contributed by atoms with E-state index in [0.29, 0.717) is 12.4 Å². The van der Waals surface area contributed by atoms with E-state index in [4.69, 9.17) is 9.90 Å². The predicted octanol–water partition coefficient (Wildman–Crippen LogP) is 3.08. The van der Waals surface area contributed by atoms with Gasteiger partial charge >= 0.3 is 0 Å². The molecule has 0 unspecified atom stereocenters. The van der Waals surface area contributed by atoms with Crippen molar-refractivity contribution in [2.45, 2.75) is 25.3 Å². The van der Waals surface area contributed by atoms with E-state index in [0.717, 1.165) is 71.5 Å². The van der Waals surface area contributed by atoms with Crippen molar-refractivity contribution >= 4 is 56.5 Å². The minimum atomic E-state index is -0.250. The minimum absolute atomic E-state index is 0.0145. The molecule has 1 aromatic carbocycles. The second-order valence-electron chi connectivity index (χ2n) is 8.32. The zero-order valence-corrected chi connectivity index (χ0v) is 20.7. The number of hydrogen-bond donors (Lipinski definition) is 2. The van der Waals surface area contributed by atoms with E-state index in [1.54, 1.807) is 12.4 Å². The van der Waals surface area contributed by atoms with E-state index in [1.165, 1.54) is 6.08 Å². The minimum Gasteiger partial charge on any atom is -0.483 e. The number of allylic oxidation sites excluding steroid dienone is 1. The molecule has 0 saturated carbocycles. The van der Waals surface area contributed by atoms with Gasteiger partial charge in [-0.2, -0.15) is 0 Å². The number of hydrogen-bond acceptors (Lipinski definition) is 9. The summed E-state index contributed by atoms with van der Waals surface area (Å²) in [5.41, 5.74) is 0.969. The van der Waals surface area contributed by atoms with Crippen LogP contribution in [0.4, 0.5) is 17.6 Å². The highest BCUT2D eigenvalue weighted by Crippen LogP contribution is 2.34. The quantitative estimate of drug-likeness (QED) is 0.341. The van der Waals surface area contributed by atoms with Gasteiger partial charge in [0.05, 0.1) is 4.47 Å². The normalized spacial score (nSPS) is 16.8. The van der Waals surface area contributed by atoms with E-state index < -0.39 is 0 Å². The molecule has 2 aliphatic rings. The first-order valence-corrected chi connectivity index (χ1v) is 12.1. The Labute approximate surface area is 211 Å². The SMILES string of the molecule is C=CC(=O)Cc1ccc2c(N3CC[C@@H](Nc4ncc(Br)cn4)C3)nnc(N3CCC3)c2c1.O=CO. The van der Waals surface area contributed by atoms with Crippen LogP contribution in [0, 0.1) is 0 Å². The van der Waals surface area contributed by atoms with Crippen LogP contribution in [0.25, 0.3) is 10.8 Å². The first-order chi connectivity index (χ1) is 17.0. The average Bonchev–Trinajstić information content (AvgIpc) is 3.28. The molecule has 11 heteroatoms. The Balaban J connectivity index is 0.000000917. The number of rotatable bonds is 7. The van der Waals surface area contributed by atoms with Crippen LogP contribution >= 0.6 is 15.9 Å². The monoisotopic (exact) mass is 539 g/mol. The summed E-state index contributed by atoms with van der Waals surface area (Å²) in [6.45, 7) is 6.98. The molecule has 2 N–H and O–H groups in total. The number of aromatic nitrogens is 4. The second kappa shape index (κ2) is 11.2. The number of carbonyl (C=O) groups excluding carboxylic acids is 1. The van der Waals surface area contributed by atoms with Crippen LogP contribution in [0.1, 0.15) is 18.4 Å². The van der Waals surface area contributed by atoms with E-state index in [1.807, 2.05) is 6.07 Å². The van der Waals surface area contributed by atoms with Crippen molar-refractivity contribution < 1.29 is 14.7 Å². The molecule has 10 nitrogen and oxygen atoms in total. The Bertz CT molecular complexity index is 1220. The molecule has 0 bridgehead atoms. The first kappa shape index (κ1) is 24.5. The van der Waals surface area contributed by atoms with Crippen molar-refractivity contribution in [1.29, 1.82) is 0 Å². The van der Waals surface area contributed by atoms with Crippen molar-refractivity contribution in [3.8, 4) is 0 Å². The maximum Gasteiger partial charge on any atom is 0.290 e. The lowest BCUT2D eigenvalue weighted by Gasteiger charge is -2.33. The molecule has 0 spiro atoms. The largest absolute Gasteiger partial charge is 0.483 e. The number of halogens is 1. The van der Waals surface area contributed by atoms with Crippen LogP contribution in [-0.4, -0.2) is 69.7 Å². The highest BCUT2D eigenvalue weighted by atomic mass is 79.9. The number of nitrogens with zero attached hydrogens (tertiary/aromatic N) is 6. The topological polar surface area (TPSA) is 124 Å². The Morgan fingerprint density at radius 1 is 1.14 bits per heavy atom. The number of carboxylic acid groups (broad SMARTS) is 1. The molecule has 182 valence electrons. The Kier molecular flexibility index (Phi) is 7.86. The number of benzene rings is 1. The highest BCUT2D eigenvalue weighted by molar-refractivity contribution is 9.10. The molecule has 0 amide bonds. The lowest BCUT2D eigenvalue weighted by atomic mass is 10.0. The maximum atomic E-state index is 11.9. The lowest BCUT2D eigenvalue weighted by molar-refractivity contribution is -0.123. The molecule has 2 aliphatic heterocycles. The van der Waals surface area contributed by atoms with Crippen molar-refractivity contribution in [2.75, 3.05) is 41.3 Å². The summed E-state index contributed by atoms with van der Waals surface area (Å²) in [7, 11) is 0. The van der Waals surface area contributed by atoms with Crippen molar-refractivity contribution in [3.05, 3.63) is 53.3 Å². The van der Waals surface area contributed by atoms with Gasteiger partial charge < -0.3 is 20.2 Å². The van der Waals surface area contributed by atoms with Gasteiger partial charge in [-0.3, -0.25) is 9.59 Å². The zero-order valence-electron chi connectivity index (χ0n) is 19.1. The summed E-state index contributed by atoms with van der Waals surface area (Å²) in [4.78, 5) is 33.4. The first-order valence-electron chi connectivity index (χ1n) is 11.3. The predicted molar refractivity (Wildman–Crippen MR) is 138 cm³/mol. The van der Waals surface area contributed by atoms with E-state index in [9.17, 15) is 4.79 Å². The van der Waals surface area contributed by atoms with E-state index >= 15 is 0 Å². The molecular formula is C24H26BrN7O3. The number of carbonyl (C=O) groups is 2. The van der Waals surface area contributed by atoms with Crippen molar-refractivity contribution in [2.24, 2.45) is 0 Å². The summed E-state index contributed by atoms with van der Waals surface area (Å²) < 4.78 is 0.856. The molecule has 35 heavy (non-hydrogen) atoms. The van der Waals surface area contributed by atoms with Crippen LogP contribution in [0.2, 0.25) is 0 Å². The van der Waals surface area contributed by atoms with Gasteiger partial charge in [0, 0.05) is 61.8 Å². The Hall–Kier alpha value is -3.60. The number of anilines is 3. The van der Waals surface area contributed by atoms with Gasteiger partial charge in [-0.05, 0) is 46.5 Å². The third-order valence-corrected chi connectivity index (χ3v) is 6.42. The van der Waals surface area contributed by atoms with Crippen LogP contribution in [0.3, 0.4) is 0 Å². The van der Waals surface area contributed by atoms with Gasteiger partial charge in [0.25, 0.3) is 6.47 Å². The van der Waals surface area contributed by atoms with Gasteiger partial charge in [-0.15, -0.1) is 10.2 Å². The average molecular weight is 540 g/mol. The number of fused-ring (bicyclic) bond motifs is 1. The van der Waals surface area contributed by atoms with Gasteiger partial charge in [-0.1, -0.05) is 18.7 Å². The van der Waals surface area contributed by atoms with Crippen LogP contribution < -0.4 is 15.1 Å². The standard InChI is InChI=1S/C23H24BrN7O.CH2O2/c1-2-18(32)10-15-4-5-19-20(11-15)22(30-7-3-8-30)29-28-21(19)31-9-6-17(14-31)27-23-25-12-16(24)13-26-23;2-1-3/h2,4-5,11-13,17H,1,3,6-10,14H2,(H,25,26,27);1H,(H,2,3)/t17-;/m1./s1. The third kappa shape index (κ3) is 5.73. The fraction of sp³-hybridized carbons (Fsp3) is 0.333. The van der Waals surface area contributed by atoms with Gasteiger partial charge in [-0.25, -0.2) is 9.97 Å². The summed E-state index contributed by atoms with van der Waals surface area (Å²) in [5.74, 6) is 2.42. The molecule has 2 aromatic heterocycles. The molecule has 3 aromatic rings. The highest BCUT2D eigenvalue weighted by Gasteiger charge is 2.28. The molecule has 0 aliphatic carbocycles. The molecule has 2 fully saturated rings. The third-order valence-electron chi connectivity index (χ3n) is 6.01. The van der Waals surface area contributed by atoms with Gasteiger partial charge in [0.2, 0.25) is 5.95 Å². The van der Waals surface area contributed by atoms with Crippen molar-refractivity contribution in [1.82, 2.24) is 20.2 Å². The molecule has 2 saturated heterocycles. The number of nitrogens with one attached hydrogen (secondary N) is 1. The van der Waals surface area contributed by atoms with Gasteiger partial charge in [0.1, 0.15) is 0 Å². The second-order valence-corrected chi connectivity index (χ2v) is 9.24. The van der Waals surface area contributed by atoms with Crippen molar-refractivity contribution in [3.63, 3.8) is 0 Å². The Morgan fingerprint density at radius 3 is 2.46 bits per heavy atom. The van der Waals surface area contributed by atoms with E-state index in [-0.39, 0.29) is 18.3 Å². The van der Waals surface area contributed by atoms with Gasteiger partial charge in [0.15, 0.2) is 17.4 Å². The summed E-state index contributed by atoms with van der Waals surface area (Å²) in [6, 6.07) is 6.40. The molecule has 1 atom stereocenters. The molecule has 0 radical (unpaired) electrons. The molecular weight excluding hydrogens is 514 g/mol. The zero-order chi connectivity index (χ0) is 24.8. The molecule has 5 rings (SSSR count). The van der Waals surface area contributed by atoms with Crippen LogP contribution in [0.5, 0.6) is 0 Å². The summed E-state index contributed by atoms with van der Waals surface area (Å²) in [6.07, 6.45) is 7.33.